The number of carbonyl (C=O) groups excluding carboxylic acids is 1. The van der Waals surface area contributed by atoms with E-state index in [9.17, 15) is 4.79 Å². The van der Waals surface area contributed by atoms with Crippen LogP contribution in [-0.4, -0.2) is 45.2 Å². The van der Waals surface area contributed by atoms with Crippen LogP contribution >= 0.6 is 0 Å². The second-order valence-electron chi connectivity index (χ2n) is 8.48. The number of hydrogen-bond acceptors (Lipinski definition) is 4. The summed E-state index contributed by atoms with van der Waals surface area (Å²) in [5.74, 6) is 1.52. The molecule has 2 aromatic rings. The highest BCUT2D eigenvalue weighted by molar-refractivity contribution is 5.91. The van der Waals surface area contributed by atoms with Gasteiger partial charge in [-0.1, -0.05) is 31.7 Å². The molecule has 2 aliphatic rings. The van der Waals surface area contributed by atoms with Crippen molar-refractivity contribution in [3.63, 3.8) is 0 Å². The molecule has 4 rings (SSSR count). The predicted octanol–water partition coefficient (Wildman–Crippen LogP) is 3.77. The minimum Gasteiger partial charge on any atom is -0.327 e. The first-order chi connectivity index (χ1) is 14.2. The highest BCUT2D eigenvalue weighted by atomic mass is 16.5. The zero-order valence-corrected chi connectivity index (χ0v) is 17.1. The number of amides is 1. The zero-order chi connectivity index (χ0) is 20.1. The number of fused-ring (bicyclic) bond motifs is 1. The maximum atomic E-state index is 11.3. The summed E-state index contributed by atoms with van der Waals surface area (Å²) in [5.41, 5.74) is 4.69. The van der Waals surface area contributed by atoms with Crippen molar-refractivity contribution in [1.82, 2.24) is 19.9 Å². The highest BCUT2D eigenvalue weighted by Crippen LogP contribution is 2.29. The van der Waals surface area contributed by atoms with Crippen LogP contribution in [0.1, 0.15) is 56.3 Å². The van der Waals surface area contributed by atoms with Crippen molar-refractivity contribution in [3.8, 4) is 0 Å². The topological polar surface area (TPSA) is 70.4 Å². The predicted molar refractivity (Wildman–Crippen MR) is 115 cm³/mol. The number of imidazole rings is 1. The molecule has 1 aliphatic heterocycles. The fourth-order valence-electron chi connectivity index (χ4n) is 4.83. The third-order valence-corrected chi connectivity index (χ3v) is 6.48. The van der Waals surface area contributed by atoms with E-state index in [1.807, 2.05) is 12.1 Å². The van der Waals surface area contributed by atoms with Crippen LogP contribution in [0.25, 0.3) is 17.1 Å². The normalized spacial score (nSPS) is 18.4. The number of aryl methyl sites for hydroxylation is 1. The number of hydroxylamine groups is 1. The van der Waals surface area contributed by atoms with E-state index in [2.05, 4.69) is 15.5 Å². The van der Waals surface area contributed by atoms with Crippen LogP contribution in [0.2, 0.25) is 0 Å². The SMILES string of the molecule is O=C(/C=C/c1ccc2c(c1)nc(CCC1CCCC1)n2CCN1CCCC1)NO. The van der Waals surface area contributed by atoms with Crippen LogP contribution in [0.5, 0.6) is 0 Å². The number of likely N-dealkylation sites (tertiary alicyclic amines) is 1. The van der Waals surface area contributed by atoms with E-state index in [0.29, 0.717) is 0 Å². The van der Waals surface area contributed by atoms with Gasteiger partial charge in [0.25, 0.3) is 5.91 Å². The molecule has 2 heterocycles. The summed E-state index contributed by atoms with van der Waals surface area (Å²) >= 11 is 0. The molecule has 0 radical (unpaired) electrons. The van der Waals surface area contributed by atoms with Crippen LogP contribution in [0.4, 0.5) is 0 Å². The Morgan fingerprint density at radius 1 is 1.17 bits per heavy atom. The lowest BCUT2D eigenvalue weighted by Gasteiger charge is -2.17. The van der Waals surface area contributed by atoms with Gasteiger partial charge in [0.05, 0.1) is 11.0 Å². The van der Waals surface area contributed by atoms with Gasteiger partial charge >= 0.3 is 0 Å². The van der Waals surface area contributed by atoms with Crippen LogP contribution < -0.4 is 5.48 Å². The summed E-state index contributed by atoms with van der Waals surface area (Å²) in [6, 6.07) is 6.15. The monoisotopic (exact) mass is 396 g/mol. The maximum absolute atomic E-state index is 11.3. The van der Waals surface area contributed by atoms with Crippen molar-refractivity contribution >= 4 is 23.0 Å². The number of nitrogens with zero attached hydrogens (tertiary/aromatic N) is 3. The van der Waals surface area contributed by atoms with Gasteiger partial charge in [0.15, 0.2) is 0 Å². The molecule has 29 heavy (non-hydrogen) atoms. The summed E-state index contributed by atoms with van der Waals surface area (Å²) in [6.45, 7) is 4.50. The quantitative estimate of drug-likeness (QED) is 0.405. The van der Waals surface area contributed by atoms with Crippen LogP contribution in [0, 0.1) is 5.92 Å². The lowest BCUT2D eigenvalue weighted by molar-refractivity contribution is -0.124. The summed E-state index contributed by atoms with van der Waals surface area (Å²) < 4.78 is 2.41. The van der Waals surface area contributed by atoms with Crippen molar-refractivity contribution in [1.29, 1.82) is 0 Å². The number of hydrogen-bond donors (Lipinski definition) is 2. The van der Waals surface area contributed by atoms with Crippen molar-refractivity contribution in [2.75, 3.05) is 19.6 Å². The number of aromatic nitrogens is 2. The molecule has 6 heteroatoms. The van der Waals surface area contributed by atoms with Gasteiger partial charge in [-0.25, -0.2) is 10.5 Å². The third kappa shape index (κ3) is 5.06. The molecule has 0 spiro atoms. The number of rotatable bonds is 8. The smallest absolute Gasteiger partial charge is 0.267 e. The molecule has 0 atom stereocenters. The summed E-state index contributed by atoms with van der Waals surface area (Å²) in [6.07, 6.45) is 13.4. The van der Waals surface area contributed by atoms with Crippen LogP contribution in [-0.2, 0) is 17.8 Å². The number of nitrogens with one attached hydrogen (secondary N) is 1. The number of carbonyl (C=O) groups is 1. The van der Waals surface area contributed by atoms with Gasteiger partial charge in [-0.2, -0.15) is 0 Å². The van der Waals surface area contributed by atoms with E-state index in [1.165, 1.54) is 75.5 Å². The fraction of sp³-hybridized carbons (Fsp3) is 0.565. The van der Waals surface area contributed by atoms with Gasteiger partial charge in [-0.15, -0.1) is 0 Å². The lowest BCUT2D eigenvalue weighted by Crippen LogP contribution is -2.24. The molecule has 6 nitrogen and oxygen atoms in total. The summed E-state index contributed by atoms with van der Waals surface area (Å²) in [7, 11) is 0. The molecular weight excluding hydrogens is 364 g/mol. The minimum absolute atomic E-state index is 0.529. The van der Waals surface area contributed by atoms with Gasteiger partial charge in [0, 0.05) is 25.6 Å². The average Bonchev–Trinajstić information content (AvgIpc) is 3.49. The lowest BCUT2D eigenvalue weighted by atomic mass is 10.0. The first-order valence-electron chi connectivity index (χ1n) is 11.1. The molecule has 1 aromatic carbocycles. The fourth-order valence-corrected chi connectivity index (χ4v) is 4.83. The Hall–Kier alpha value is -2.18. The Morgan fingerprint density at radius 3 is 2.72 bits per heavy atom. The Labute approximate surface area is 172 Å². The highest BCUT2D eigenvalue weighted by Gasteiger charge is 2.18. The van der Waals surface area contributed by atoms with Gasteiger partial charge in [-0.05, 0) is 62.0 Å². The summed E-state index contributed by atoms with van der Waals surface area (Å²) in [4.78, 5) is 18.8. The summed E-state index contributed by atoms with van der Waals surface area (Å²) in [5, 5.41) is 8.65. The average molecular weight is 397 g/mol. The molecule has 1 amide bonds. The molecule has 1 saturated heterocycles. The van der Waals surface area contributed by atoms with E-state index >= 15 is 0 Å². The molecular formula is C23H32N4O2. The van der Waals surface area contributed by atoms with Gasteiger partial charge in [0.2, 0.25) is 0 Å². The molecule has 0 bridgehead atoms. The minimum atomic E-state index is -0.529. The Kier molecular flexibility index (Phi) is 6.62. The molecule has 0 unspecified atom stereocenters. The largest absolute Gasteiger partial charge is 0.327 e. The third-order valence-electron chi connectivity index (χ3n) is 6.48. The van der Waals surface area contributed by atoms with Crippen molar-refractivity contribution in [2.24, 2.45) is 5.92 Å². The van der Waals surface area contributed by atoms with E-state index in [4.69, 9.17) is 10.2 Å². The Morgan fingerprint density at radius 2 is 1.97 bits per heavy atom. The van der Waals surface area contributed by atoms with E-state index in [0.717, 1.165) is 36.5 Å². The van der Waals surface area contributed by atoms with E-state index in [1.54, 1.807) is 11.6 Å². The Balaban J connectivity index is 1.55. The van der Waals surface area contributed by atoms with Gasteiger partial charge < -0.3 is 9.47 Å². The van der Waals surface area contributed by atoms with Crippen molar-refractivity contribution < 1.29 is 10.0 Å². The Bertz CT molecular complexity index is 861. The zero-order valence-electron chi connectivity index (χ0n) is 17.1. The van der Waals surface area contributed by atoms with Crippen LogP contribution in [0.15, 0.2) is 24.3 Å². The maximum Gasteiger partial charge on any atom is 0.267 e. The van der Waals surface area contributed by atoms with Gasteiger partial charge in [-0.3, -0.25) is 10.0 Å². The van der Waals surface area contributed by atoms with Gasteiger partial charge in [0.1, 0.15) is 5.82 Å². The molecule has 2 N–H and O–H groups in total. The van der Waals surface area contributed by atoms with E-state index in [-0.39, 0.29) is 0 Å². The molecule has 1 aliphatic carbocycles. The standard InChI is InChI=1S/C23H32N4O2/c28-23(25-29)12-9-19-7-10-21-20(17-19)24-22(11-8-18-5-1-2-6-18)27(21)16-15-26-13-3-4-14-26/h7,9-10,12,17-18,29H,1-6,8,11,13-16H2,(H,25,28)/b12-9+. The molecule has 1 saturated carbocycles. The molecule has 2 fully saturated rings. The first kappa shape index (κ1) is 20.1. The number of benzene rings is 1. The second kappa shape index (κ2) is 9.55. The van der Waals surface area contributed by atoms with E-state index < -0.39 is 5.91 Å². The molecule has 156 valence electrons. The van der Waals surface area contributed by atoms with Crippen LogP contribution in [0.3, 0.4) is 0 Å². The second-order valence-corrected chi connectivity index (χ2v) is 8.48. The van der Waals surface area contributed by atoms with Crippen molar-refractivity contribution in [2.45, 2.75) is 57.9 Å². The molecule has 1 aromatic heterocycles. The van der Waals surface area contributed by atoms with Crippen molar-refractivity contribution in [3.05, 3.63) is 35.7 Å². The first-order valence-corrected chi connectivity index (χ1v) is 11.1.